The first kappa shape index (κ1) is 20.2. The van der Waals surface area contributed by atoms with Crippen LogP contribution in [0.15, 0.2) is 41.8 Å². The number of guanidine groups is 1. The van der Waals surface area contributed by atoms with E-state index < -0.39 is 5.60 Å². The summed E-state index contributed by atoms with van der Waals surface area (Å²) in [4.78, 5) is 7.82. The minimum absolute atomic E-state index is 0.233. The van der Waals surface area contributed by atoms with Crippen molar-refractivity contribution in [2.24, 2.45) is 12.0 Å². The van der Waals surface area contributed by atoms with Crippen LogP contribution in [-0.4, -0.2) is 45.5 Å². The van der Waals surface area contributed by atoms with Crippen LogP contribution in [0.1, 0.15) is 25.0 Å². The summed E-state index contributed by atoms with van der Waals surface area (Å²) >= 11 is 6.12. The second-order valence-corrected chi connectivity index (χ2v) is 7.49. The number of aliphatic imine (C=N–C) groups is 1. The van der Waals surface area contributed by atoms with Crippen LogP contribution in [0.3, 0.4) is 0 Å². The molecule has 0 saturated carbocycles. The summed E-state index contributed by atoms with van der Waals surface area (Å²) in [5, 5.41) is 23.2. The summed E-state index contributed by atoms with van der Waals surface area (Å²) in [6.45, 7) is 5.44. The van der Waals surface area contributed by atoms with E-state index >= 15 is 0 Å². The van der Waals surface area contributed by atoms with E-state index in [0.717, 1.165) is 34.5 Å². The van der Waals surface area contributed by atoms with Gasteiger partial charge in [-0.1, -0.05) is 11.6 Å². The summed E-state index contributed by atoms with van der Waals surface area (Å²) < 4.78 is 1.67. The number of benzene rings is 1. The van der Waals surface area contributed by atoms with E-state index in [4.69, 9.17) is 11.6 Å². The van der Waals surface area contributed by atoms with Gasteiger partial charge in [-0.25, -0.2) is 4.99 Å². The fourth-order valence-corrected chi connectivity index (χ4v) is 3.21. The lowest BCUT2D eigenvalue weighted by atomic mass is 10.0. The highest BCUT2D eigenvalue weighted by Crippen LogP contribution is 2.22. The molecule has 2 heterocycles. The highest BCUT2D eigenvalue weighted by Gasteiger charge is 2.24. The molecule has 0 amide bonds. The van der Waals surface area contributed by atoms with Gasteiger partial charge >= 0.3 is 0 Å². The fourth-order valence-electron chi connectivity index (χ4n) is 3.04. The van der Waals surface area contributed by atoms with Gasteiger partial charge in [0, 0.05) is 54.0 Å². The van der Waals surface area contributed by atoms with Crippen molar-refractivity contribution >= 4 is 28.5 Å². The Morgan fingerprint density at radius 1 is 1.39 bits per heavy atom. The topological polar surface area (TPSA) is 90.3 Å². The van der Waals surface area contributed by atoms with Crippen molar-refractivity contribution in [2.45, 2.75) is 25.9 Å². The van der Waals surface area contributed by atoms with Crippen molar-refractivity contribution in [1.29, 1.82) is 0 Å². The van der Waals surface area contributed by atoms with Gasteiger partial charge in [-0.2, -0.15) is 5.10 Å². The standard InChI is InChI=1S/C20H27ClN6O/c1-4-22-19(25-13-20(2,28)15-11-26-27(3)12-15)23-8-7-14-10-24-18-6-5-16(21)9-17(14)18/h5-6,9-12,24,28H,4,7-8,13H2,1-3H3,(H2,22,23,25). The highest BCUT2D eigenvalue weighted by molar-refractivity contribution is 6.31. The average Bonchev–Trinajstić information content (AvgIpc) is 3.26. The molecular weight excluding hydrogens is 376 g/mol. The molecule has 0 radical (unpaired) electrons. The van der Waals surface area contributed by atoms with Crippen LogP contribution >= 0.6 is 11.6 Å². The third-order valence-electron chi connectivity index (χ3n) is 4.63. The monoisotopic (exact) mass is 402 g/mol. The minimum Gasteiger partial charge on any atom is -0.383 e. The van der Waals surface area contributed by atoms with Crippen molar-refractivity contribution in [3.8, 4) is 0 Å². The van der Waals surface area contributed by atoms with Gasteiger partial charge in [0.05, 0.1) is 12.7 Å². The molecule has 1 aromatic carbocycles. The quantitative estimate of drug-likeness (QED) is 0.361. The molecule has 150 valence electrons. The van der Waals surface area contributed by atoms with E-state index in [1.165, 1.54) is 5.56 Å². The minimum atomic E-state index is -1.08. The van der Waals surface area contributed by atoms with E-state index in [2.05, 4.69) is 25.7 Å². The first-order valence-electron chi connectivity index (χ1n) is 9.38. The Hall–Kier alpha value is -2.51. The number of hydrogen-bond acceptors (Lipinski definition) is 3. The number of aromatic amines is 1. The predicted molar refractivity (Wildman–Crippen MR) is 114 cm³/mol. The number of aryl methyl sites for hydroxylation is 1. The molecule has 3 rings (SSSR count). The molecule has 1 unspecified atom stereocenters. The van der Waals surface area contributed by atoms with Gasteiger partial charge in [-0.15, -0.1) is 0 Å². The van der Waals surface area contributed by atoms with Crippen LogP contribution in [0.25, 0.3) is 10.9 Å². The number of fused-ring (bicyclic) bond motifs is 1. The first-order chi connectivity index (χ1) is 13.4. The van der Waals surface area contributed by atoms with Crippen molar-refractivity contribution in [2.75, 3.05) is 19.6 Å². The van der Waals surface area contributed by atoms with Gasteiger partial charge in [0.25, 0.3) is 0 Å². The highest BCUT2D eigenvalue weighted by atomic mass is 35.5. The van der Waals surface area contributed by atoms with Crippen LogP contribution < -0.4 is 10.6 Å². The van der Waals surface area contributed by atoms with E-state index in [0.29, 0.717) is 12.5 Å². The largest absolute Gasteiger partial charge is 0.383 e. The molecule has 0 aliphatic rings. The molecule has 3 aromatic rings. The van der Waals surface area contributed by atoms with Gasteiger partial charge in [0.15, 0.2) is 5.96 Å². The molecule has 0 aliphatic carbocycles. The van der Waals surface area contributed by atoms with Gasteiger partial charge in [0.1, 0.15) is 5.60 Å². The van der Waals surface area contributed by atoms with E-state index in [-0.39, 0.29) is 6.54 Å². The van der Waals surface area contributed by atoms with E-state index in [1.54, 1.807) is 24.0 Å². The first-order valence-corrected chi connectivity index (χ1v) is 9.76. The summed E-state index contributed by atoms with van der Waals surface area (Å²) in [5.41, 5.74) is 1.94. The van der Waals surface area contributed by atoms with Crippen LogP contribution in [0, 0.1) is 0 Å². The molecule has 2 aromatic heterocycles. The summed E-state index contributed by atoms with van der Waals surface area (Å²) in [5.74, 6) is 0.671. The number of rotatable bonds is 7. The normalized spacial score (nSPS) is 14.2. The number of aliphatic hydroxyl groups is 1. The number of halogens is 1. The lowest BCUT2D eigenvalue weighted by molar-refractivity contribution is 0.0672. The molecule has 28 heavy (non-hydrogen) atoms. The summed E-state index contributed by atoms with van der Waals surface area (Å²) in [6, 6.07) is 5.85. The van der Waals surface area contributed by atoms with Crippen LogP contribution in [0.5, 0.6) is 0 Å². The number of H-pyrrole nitrogens is 1. The average molecular weight is 403 g/mol. The zero-order chi connectivity index (χ0) is 20.1. The Morgan fingerprint density at radius 3 is 2.93 bits per heavy atom. The smallest absolute Gasteiger partial charge is 0.191 e. The molecule has 7 nitrogen and oxygen atoms in total. The van der Waals surface area contributed by atoms with Crippen LogP contribution in [0.2, 0.25) is 5.02 Å². The molecule has 1 atom stereocenters. The molecular formula is C20H27ClN6O. The molecule has 0 bridgehead atoms. The second kappa shape index (κ2) is 8.67. The fraction of sp³-hybridized carbons (Fsp3) is 0.400. The third kappa shape index (κ3) is 4.85. The number of aromatic nitrogens is 3. The number of nitrogens with zero attached hydrogens (tertiary/aromatic N) is 3. The summed E-state index contributed by atoms with van der Waals surface area (Å²) in [6.07, 6.45) is 6.31. The summed E-state index contributed by atoms with van der Waals surface area (Å²) in [7, 11) is 1.83. The Kier molecular flexibility index (Phi) is 6.26. The Balaban J connectivity index is 1.62. The maximum atomic E-state index is 10.7. The number of hydrogen-bond donors (Lipinski definition) is 4. The van der Waals surface area contributed by atoms with Gasteiger partial charge in [-0.3, -0.25) is 4.68 Å². The Bertz CT molecular complexity index is 959. The molecule has 4 N–H and O–H groups in total. The van der Waals surface area contributed by atoms with Crippen molar-refractivity contribution in [3.05, 3.63) is 52.9 Å². The van der Waals surface area contributed by atoms with E-state index in [9.17, 15) is 5.11 Å². The third-order valence-corrected chi connectivity index (χ3v) is 4.87. The SMILES string of the molecule is CCNC(=NCC(C)(O)c1cnn(C)c1)NCCc1c[nH]c2ccc(Cl)cc12. The number of nitrogens with one attached hydrogen (secondary N) is 3. The van der Waals surface area contributed by atoms with Crippen molar-refractivity contribution in [3.63, 3.8) is 0 Å². The molecule has 0 saturated heterocycles. The van der Waals surface area contributed by atoms with Gasteiger partial charge in [0.2, 0.25) is 0 Å². The van der Waals surface area contributed by atoms with Crippen LogP contribution in [0.4, 0.5) is 0 Å². The zero-order valence-electron chi connectivity index (χ0n) is 16.5. The second-order valence-electron chi connectivity index (χ2n) is 7.05. The lowest BCUT2D eigenvalue weighted by Gasteiger charge is -2.20. The van der Waals surface area contributed by atoms with Crippen molar-refractivity contribution in [1.82, 2.24) is 25.4 Å². The Labute approximate surface area is 169 Å². The zero-order valence-corrected chi connectivity index (χ0v) is 17.2. The molecule has 0 spiro atoms. The molecule has 8 heteroatoms. The van der Waals surface area contributed by atoms with E-state index in [1.807, 2.05) is 38.4 Å². The lowest BCUT2D eigenvalue weighted by Crippen LogP contribution is -2.39. The van der Waals surface area contributed by atoms with Crippen LogP contribution in [-0.2, 0) is 19.1 Å². The molecule has 0 fully saturated rings. The maximum absolute atomic E-state index is 10.7. The predicted octanol–water partition coefficient (Wildman–Crippen LogP) is 2.56. The van der Waals surface area contributed by atoms with Crippen molar-refractivity contribution < 1.29 is 5.11 Å². The van der Waals surface area contributed by atoms with Gasteiger partial charge < -0.3 is 20.7 Å². The Morgan fingerprint density at radius 2 is 2.21 bits per heavy atom. The maximum Gasteiger partial charge on any atom is 0.191 e. The molecule has 0 aliphatic heterocycles. The van der Waals surface area contributed by atoms with Gasteiger partial charge in [-0.05, 0) is 44.0 Å².